The molecule has 1 saturated carbocycles. The second-order valence-electron chi connectivity index (χ2n) is 9.23. The fraction of sp³-hybridized carbons (Fsp3) is 0.609. The smallest absolute Gasteiger partial charge is 0.246 e. The monoisotopic (exact) mass is 463 g/mol. The van der Waals surface area contributed by atoms with E-state index < -0.39 is 21.4 Å². The zero-order valence-corrected chi connectivity index (χ0v) is 19.8. The van der Waals surface area contributed by atoms with Gasteiger partial charge in [0, 0.05) is 18.7 Å². The highest BCUT2D eigenvalue weighted by atomic mass is 32.2. The summed E-state index contributed by atoms with van der Waals surface area (Å²) in [4.78, 5) is 40.5. The van der Waals surface area contributed by atoms with E-state index in [-0.39, 0.29) is 35.0 Å². The van der Waals surface area contributed by atoms with Gasteiger partial charge in [-0.05, 0) is 31.4 Å². The number of amides is 2. The molecule has 1 unspecified atom stereocenters. The third kappa shape index (κ3) is 5.31. The van der Waals surface area contributed by atoms with Crippen molar-refractivity contribution in [2.24, 2.45) is 5.92 Å². The molecule has 1 aromatic rings. The highest BCUT2D eigenvalue weighted by molar-refractivity contribution is 7.90. The highest BCUT2D eigenvalue weighted by Crippen LogP contribution is 2.30. The lowest BCUT2D eigenvalue weighted by Gasteiger charge is -2.39. The molecule has 1 aromatic carbocycles. The molecule has 32 heavy (non-hydrogen) atoms. The molecule has 2 amide bonds. The van der Waals surface area contributed by atoms with Crippen LogP contribution in [0.25, 0.3) is 0 Å². The van der Waals surface area contributed by atoms with Crippen molar-refractivity contribution in [3.05, 3.63) is 24.3 Å². The van der Waals surface area contributed by atoms with Crippen LogP contribution in [-0.4, -0.2) is 56.9 Å². The molecule has 9 heteroatoms. The van der Waals surface area contributed by atoms with Gasteiger partial charge < -0.3 is 15.5 Å². The van der Waals surface area contributed by atoms with Gasteiger partial charge in [0.1, 0.15) is 5.54 Å². The number of rotatable bonds is 6. The van der Waals surface area contributed by atoms with Crippen LogP contribution < -0.4 is 15.5 Å². The molecule has 2 aliphatic rings. The molecule has 1 aliphatic heterocycles. The topological polar surface area (TPSA) is 113 Å². The summed E-state index contributed by atoms with van der Waals surface area (Å²) >= 11 is 0. The van der Waals surface area contributed by atoms with E-state index in [0.29, 0.717) is 31.5 Å². The van der Waals surface area contributed by atoms with E-state index in [0.717, 1.165) is 25.5 Å². The number of anilines is 1. The number of piperidine rings is 1. The maximum atomic E-state index is 13.3. The van der Waals surface area contributed by atoms with Crippen LogP contribution in [0.1, 0.15) is 52.4 Å². The van der Waals surface area contributed by atoms with Crippen molar-refractivity contribution in [2.75, 3.05) is 24.2 Å². The van der Waals surface area contributed by atoms with E-state index in [1.165, 1.54) is 6.07 Å². The van der Waals surface area contributed by atoms with Crippen molar-refractivity contribution in [2.45, 2.75) is 68.8 Å². The molecule has 1 atom stereocenters. The number of ketones is 1. The van der Waals surface area contributed by atoms with Crippen LogP contribution in [0.4, 0.5) is 5.69 Å². The molecule has 176 valence electrons. The fourth-order valence-corrected chi connectivity index (χ4v) is 5.36. The third-order valence-electron chi connectivity index (χ3n) is 6.36. The Balaban J connectivity index is 1.72. The van der Waals surface area contributed by atoms with Crippen molar-refractivity contribution >= 4 is 33.1 Å². The summed E-state index contributed by atoms with van der Waals surface area (Å²) in [5.74, 6) is -0.870. The summed E-state index contributed by atoms with van der Waals surface area (Å²) in [6.07, 6.45) is 5.36. The second-order valence-corrected chi connectivity index (χ2v) is 11.2. The van der Waals surface area contributed by atoms with E-state index in [9.17, 15) is 22.8 Å². The van der Waals surface area contributed by atoms with Crippen molar-refractivity contribution in [1.82, 2.24) is 10.6 Å². The van der Waals surface area contributed by atoms with E-state index in [1.807, 2.05) is 0 Å². The zero-order chi connectivity index (χ0) is 23.5. The van der Waals surface area contributed by atoms with Gasteiger partial charge in [0.2, 0.25) is 11.8 Å². The Kier molecular flexibility index (Phi) is 7.27. The van der Waals surface area contributed by atoms with Gasteiger partial charge in [-0.15, -0.1) is 0 Å². The van der Waals surface area contributed by atoms with Crippen molar-refractivity contribution in [3.8, 4) is 0 Å². The Hall–Kier alpha value is -2.42. The highest BCUT2D eigenvalue weighted by Gasteiger charge is 2.43. The molecule has 2 fully saturated rings. The lowest BCUT2D eigenvalue weighted by Crippen LogP contribution is -2.63. The number of nitrogens with one attached hydrogen (secondary N) is 2. The Morgan fingerprint density at radius 1 is 1.12 bits per heavy atom. The summed E-state index contributed by atoms with van der Waals surface area (Å²) in [7, 11) is -3.44. The molecule has 1 heterocycles. The number of carbonyl (C=O) groups is 3. The summed E-state index contributed by atoms with van der Waals surface area (Å²) in [6.45, 7) is 4.03. The van der Waals surface area contributed by atoms with Crippen LogP contribution in [-0.2, 0) is 24.2 Å². The number of Topliss-reactive ketones (excluding diaryl/α,β-unsaturated/α-hetero) is 1. The van der Waals surface area contributed by atoms with E-state index in [4.69, 9.17) is 0 Å². The molecule has 1 aliphatic carbocycles. The molecular formula is C23H33N3O5S. The average Bonchev–Trinajstić information content (AvgIpc) is 2.75. The SMILES string of the molecule is CC(C)C(=O)NC1(C(=O)NC2CCN(c3ccccc3S(C)(=O)=O)CC2=O)CCCCC1. The van der Waals surface area contributed by atoms with Gasteiger partial charge in [0.15, 0.2) is 15.6 Å². The standard InChI is InChI=1S/C23H33N3O5S/c1-16(2)21(28)25-23(12-7-4-8-13-23)22(29)24-17-11-14-26(15-19(17)27)18-9-5-6-10-20(18)32(3,30)31/h5-6,9-10,16-17H,4,7-8,11-15H2,1-3H3,(H,24,29)(H,25,28). The first-order valence-electron chi connectivity index (χ1n) is 11.2. The van der Waals surface area contributed by atoms with Gasteiger partial charge in [0.25, 0.3) is 0 Å². The van der Waals surface area contributed by atoms with Crippen molar-refractivity contribution in [3.63, 3.8) is 0 Å². The molecule has 0 radical (unpaired) electrons. The number of carbonyl (C=O) groups excluding carboxylic acids is 3. The summed E-state index contributed by atoms with van der Waals surface area (Å²) in [5, 5.41) is 5.85. The Morgan fingerprint density at radius 2 is 1.78 bits per heavy atom. The van der Waals surface area contributed by atoms with Gasteiger partial charge in [-0.1, -0.05) is 45.2 Å². The molecule has 0 bridgehead atoms. The molecule has 0 spiro atoms. The summed E-state index contributed by atoms with van der Waals surface area (Å²) in [6, 6.07) is 5.98. The van der Waals surface area contributed by atoms with Crippen molar-refractivity contribution in [1.29, 1.82) is 0 Å². The van der Waals surface area contributed by atoms with Crippen LogP contribution in [0.15, 0.2) is 29.2 Å². The predicted molar refractivity (Wildman–Crippen MR) is 122 cm³/mol. The minimum Gasteiger partial charge on any atom is -0.363 e. The largest absolute Gasteiger partial charge is 0.363 e. The van der Waals surface area contributed by atoms with E-state index >= 15 is 0 Å². The van der Waals surface area contributed by atoms with Gasteiger partial charge >= 0.3 is 0 Å². The number of hydrogen-bond donors (Lipinski definition) is 2. The minimum atomic E-state index is -3.44. The summed E-state index contributed by atoms with van der Waals surface area (Å²) < 4.78 is 24.3. The molecule has 8 nitrogen and oxygen atoms in total. The molecule has 2 N–H and O–H groups in total. The zero-order valence-electron chi connectivity index (χ0n) is 19.0. The van der Waals surface area contributed by atoms with Gasteiger partial charge in [-0.3, -0.25) is 14.4 Å². The lowest BCUT2D eigenvalue weighted by molar-refractivity contribution is -0.138. The number of benzene rings is 1. The van der Waals surface area contributed by atoms with Gasteiger partial charge in [0.05, 0.1) is 23.2 Å². The average molecular weight is 464 g/mol. The number of sulfone groups is 1. The molecule has 1 saturated heterocycles. The van der Waals surface area contributed by atoms with E-state index in [2.05, 4.69) is 10.6 Å². The first-order valence-corrected chi connectivity index (χ1v) is 13.1. The van der Waals surface area contributed by atoms with Crippen LogP contribution in [0.3, 0.4) is 0 Å². The van der Waals surface area contributed by atoms with Gasteiger partial charge in [-0.2, -0.15) is 0 Å². The first kappa shape index (κ1) is 24.2. The Bertz CT molecular complexity index is 983. The molecule has 0 aromatic heterocycles. The Morgan fingerprint density at radius 3 is 2.38 bits per heavy atom. The van der Waals surface area contributed by atoms with Crippen LogP contribution >= 0.6 is 0 Å². The van der Waals surface area contributed by atoms with Crippen molar-refractivity contribution < 1.29 is 22.8 Å². The minimum absolute atomic E-state index is 0.0167. The maximum Gasteiger partial charge on any atom is 0.246 e. The second kappa shape index (κ2) is 9.60. The van der Waals surface area contributed by atoms with E-state index in [1.54, 1.807) is 36.9 Å². The van der Waals surface area contributed by atoms with Crippen LogP contribution in [0, 0.1) is 5.92 Å². The number of hydrogen-bond acceptors (Lipinski definition) is 6. The van der Waals surface area contributed by atoms with Gasteiger partial charge in [-0.25, -0.2) is 8.42 Å². The Labute approximate surface area is 190 Å². The third-order valence-corrected chi connectivity index (χ3v) is 7.51. The summed E-state index contributed by atoms with van der Waals surface area (Å²) in [5.41, 5.74) is -0.471. The maximum absolute atomic E-state index is 13.3. The predicted octanol–water partition coefficient (Wildman–Crippen LogP) is 1.83. The lowest BCUT2D eigenvalue weighted by atomic mass is 9.80. The first-order chi connectivity index (χ1) is 15.0. The quantitative estimate of drug-likeness (QED) is 0.666. The fourth-order valence-electron chi connectivity index (χ4n) is 4.45. The molecular weight excluding hydrogens is 430 g/mol. The van der Waals surface area contributed by atoms with Crippen LogP contribution in [0.2, 0.25) is 0 Å². The number of para-hydroxylation sites is 1. The number of nitrogens with zero attached hydrogens (tertiary/aromatic N) is 1. The van der Waals surface area contributed by atoms with Crippen LogP contribution in [0.5, 0.6) is 0 Å². The molecule has 3 rings (SSSR count). The normalized spacial score (nSPS) is 21.3.